The largest absolute Gasteiger partial charge is 0.481 e. The van der Waals surface area contributed by atoms with Gasteiger partial charge in [-0.25, -0.2) is 4.39 Å². The van der Waals surface area contributed by atoms with Crippen molar-refractivity contribution in [1.82, 2.24) is 0 Å². The number of carboxylic acid groups (broad SMARTS) is 1. The van der Waals surface area contributed by atoms with Gasteiger partial charge in [0, 0.05) is 15.1 Å². The molecular formula is C11H9FO3S. The number of hydrogen-bond acceptors (Lipinski definition) is 3. The van der Waals surface area contributed by atoms with E-state index in [9.17, 15) is 9.18 Å². The SMILES string of the molecule is O=C(O)Cc1cc2cc(F)c(CO)cc2s1. The Balaban J connectivity index is 2.49. The number of aliphatic hydroxyl groups excluding tert-OH is 1. The molecule has 0 bridgehead atoms. The molecule has 1 heterocycles. The molecule has 0 aliphatic heterocycles. The van der Waals surface area contributed by atoms with Crippen LogP contribution in [0.2, 0.25) is 0 Å². The molecule has 16 heavy (non-hydrogen) atoms. The van der Waals surface area contributed by atoms with Crippen molar-refractivity contribution in [3.05, 3.63) is 34.5 Å². The molecule has 0 fully saturated rings. The Kier molecular flexibility index (Phi) is 2.89. The van der Waals surface area contributed by atoms with Gasteiger partial charge in [0.25, 0.3) is 0 Å². The number of rotatable bonds is 3. The van der Waals surface area contributed by atoms with Crippen LogP contribution >= 0.6 is 11.3 Å². The summed E-state index contributed by atoms with van der Waals surface area (Å²) >= 11 is 1.31. The Labute approximate surface area is 94.8 Å². The molecule has 0 saturated heterocycles. The minimum Gasteiger partial charge on any atom is -0.481 e. The first-order valence-electron chi connectivity index (χ1n) is 4.63. The smallest absolute Gasteiger partial charge is 0.308 e. The first kappa shape index (κ1) is 11.0. The van der Waals surface area contributed by atoms with E-state index in [2.05, 4.69) is 0 Å². The third kappa shape index (κ3) is 2.05. The zero-order chi connectivity index (χ0) is 11.7. The zero-order valence-electron chi connectivity index (χ0n) is 8.24. The van der Waals surface area contributed by atoms with Gasteiger partial charge in [0.2, 0.25) is 0 Å². The maximum absolute atomic E-state index is 13.3. The minimum atomic E-state index is -0.908. The van der Waals surface area contributed by atoms with Crippen LogP contribution in [0.25, 0.3) is 10.1 Å². The van der Waals surface area contributed by atoms with Gasteiger partial charge in [-0.3, -0.25) is 4.79 Å². The van der Waals surface area contributed by atoms with Crippen molar-refractivity contribution in [2.75, 3.05) is 0 Å². The zero-order valence-corrected chi connectivity index (χ0v) is 9.05. The summed E-state index contributed by atoms with van der Waals surface area (Å²) in [5.74, 6) is -1.37. The van der Waals surface area contributed by atoms with E-state index in [1.165, 1.54) is 17.4 Å². The van der Waals surface area contributed by atoms with Crippen LogP contribution in [0.15, 0.2) is 18.2 Å². The van der Waals surface area contributed by atoms with E-state index in [1.54, 1.807) is 12.1 Å². The second-order valence-corrected chi connectivity index (χ2v) is 4.59. The Morgan fingerprint density at radius 1 is 1.38 bits per heavy atom. The lowest BCUT2D eigenvalue weighted by Crippen LogP contribution is -1.96. The fourth-order valence-corrected chi connectivity index (χ4v) is 2.61. The molecule has 0 unspecified atom stereocenters. The normalized spacial score (nSPS) is 10.9. The highest BCUT2D eigenvalue weighted by Gasteiger charge is 2.09. The van der Waals surface area contributed by atoms with Gasteiger partial charge < -0.3 is 10.2 Å². The first-order valence-corrected chi connectivity index (χ1v) is 5.45. The van der Waals surface area contributed by atoms with E-state index in [0.29, 0.717) is 10.3 Å². The van der Waals surface area contributed by atoms with Crippen LogP contribution in [-0.4, -0.2) is 16.2 Å². The predicted molar refractivity (Wildman–Crippen MR) is 59.0 cm³/mol. The summed E-state index contributed by atoms with van der Waals surface area (Å²) in [5, 5.41) is 18.2. The molecule has 84 valence electrons. The Morgan fingerprint density at radius 3 is 2.75 bits per heavy atom. The number of thiophene rings is 1. The van der Waals surface area contributed by atoms with Crippen LogP contribution < -0.4 is 0 Å². The fourth-order valence-electron chi connectivity index (χ4n) is 1.51. The molecule has 0 spiro atoms. The topological polar surface area (TPSA) is 57.5 Å². The van der Waals surface area contributed by atoms with Crippen LogP contribution in [-0.2, 0) is 17.8 Å². The molecule has 0 aliphatic rings. The first-order chi connectivity index (χ1) is 7.60. The maximum Gasteiger partial charge on any atom is 0.308 e. The standard InChI is InChI=1S/C11H9FO3S/c12-9-2-6-1-8(4-11(14)15)16-10(6)3-7(9)5-13/h1-3,13H,4-5H2,(H,14,15). The van der Waals surface area contributed by atoms with Crippen LogP contribution in [0.1, 0.15) is 10.4 Å². The monoisotopic (exact) mass is 240 g/mol. The summed E-state index contributed by atoms with van der Waals surface area (Å²) in [5.41, 5.74) is 0.233. The van der Waals surface area contributed by atoms with Crippen molar-refractivity contribution in [3.63, 3.8) is 0 Å². The molecule has 0 radical (unpaired) electrons. The predicted octanol–water partition coefficient (Wildman–Crippen LogP) is 2.16. The molecule has 0 amide bonds. The average molecular weight is 240 g/mol. The summed E-state index contributed by atoms with van der Waals surface area (Å²) in [6, 6.07) is 4.54. The number of benzene rings is 1. The highest BCUT2D eigenvalue weighted by Crippen LogP contribution is 2.28. The van der Waals surface area contributed by atoms with Crippen molar-refractivity contribution in [3.8, 4) is 0 Å². The molecule has 2 rings (SSSR count). The van der Waals surface area contributed by atoms with Crippen molar-refractivity contribution < 1.29 is 19.4 Å². The van der Waals surface area contributed by atoms with Gasteiger partial charge in [-0.05, 0) is 23.6 Å². The van der Waals surface area contributed by atoms with Gasteiger partial charge in [-0.2, -0.15) is 0 Å². The van der Waals surface area contributed by atoms with E-state index in [1.807, 2.05) is 0 Å². The van der Waals surface area contributed by atoms with Gasteiger partial charge in [0.15, 0.2) is 0 Å². The number of fused-ring (bicyclic) bond motifs is 1. The maximum atomic E-state index is 13.3. The summed E-state index contributed by atoms with van der Waals surface area (Å²) in [7, 11) is 0. The number of carbonyl (C=O) groups is 1. The number of hydrogen-bond donors (Lipinski definition) is 2. The van der Waals surface area contributed by atoms with Gasteiger partial charge in [-0.1, -0.05) is 0 Å². The Hall–Kier alpha value is -1.46. The van der Waals surface area contributed by atoms with E-state index < -0.39 is 11.8 Å². The lowest BCUT2D eigenvalue weighted by atomic mass is 10.1. The van der Waals surface area contributed by atoms with Crippen molar-refractivity contribution >= 4 is 27.4 Å². The average Bonchev–Trinajstić information content (AvgIpc) is 2.56. The molecular weight excluding hydrogens is 231 g/mol. The van der Waals surface area contributed by atoms with Crippen LogP contribution in [0.4, 0.5) is 4.39 Å². The summed E-state index contributed by atoms with van der Waals surface area (Å²) in [6.45, 7) is -0.353. The third-order valence-electron chi connectivity index (χ3n) is 2.23. The Bertz CT molecular complexity index is 547. The summed E-state index contributed by atoms with van der Waals surface area (Å²) < 4.78 is 14.1. The van der Waals surface area contributed by atoms with Gasteiger partial charge >= 0.3 is 5.97 Å². The van der Waals surface area contributed by atoms with Crippen molar-refractivity contribution in [2.24, 2.45) is 0 Å². The quantitative estimate of drug-likeness (QED) is 0.864. The molecule has 5 heteroatoms. The molecule has 0 atom stereocenters. The molecule has 1 aromatic heterocycles. The molecule has 0 aliphatic carbocycles. The van der Waals surface area contributed by atoms with E-state index in [4.69, 9.17) is 10.2 Å². The lowest BCUT2D eigenvalue weighted by molar-refractivity contribution is -0.136. The number of aliphatic carboxylic acids is 1. The summed E-state index contributed by atoms with van der Waals surface area (Å²) in [4.78, 5) is 11.2. The fraction of sp³-hybridized carbons (Fsp3) is 0.182. The van der Waals surface area contributed by atoms with Gasteiger partial charge in [0.1, 0.15) is 5.82 Å². The van der Waals surface area contributed by atoms with E-state index in [-0.39, 0.29) is 18.6 Å². The highest BCUT2D eigenvalue weighted by atomic mass is 32.1. The van der Waals surface area contributed by atoms with Gasteiger partial charge in [0.05, 0.1) is 13.0 Å². The minimum absolute atomic E-state index is 0.0601. The van der Waals surface area contributed by atoms with Crippen molar-refractivity contribution in [1.29, 1.82) is 0 Å². The van der Waals surface area contributed by atoms with Crippen molar-refractivity contribution in [2.45, 2.75) is 13.0 Å². The third-order valence-corrected chi connectivity index (χ3v) is 3.33. The van der Waals surface area contributed by atoms with Crippen LogP contribution in [0, 0.1) is 5.82 Å². The van der Waals surface area contributed by atoms with E-state index in [0.717, 1.165) is 4.70 Å². The molecule has 2 aromatic rings. The molecule has 0 saturated carbocycles. The summed E-state index contributed by atoms with van der Waals surface area (Å²) in [6.07, 6.45) is -0.0601. The second kappa shape index (κ2) is 4.19. The Morgan fingerprint density at radius 2 is 2.12 bits per heavy atom. The molecule has 1 aromatic carbocycles. The number of carboxylic acids is 1. The van der Waals surface area contributed by atoms with Crippen LogP contribution in [0.3, 0.4) is 0 Å². The number of aliphatic hydroxyl groups is 1. The second-order valence-electron chi connectivity index (χ2n) is 3.42. The molecule has 3 nitrogen and oxygen atoms in total. The number of halogens is 1. The highest BCUT2D eigenvalue weighted by molar-refractivity contribution is 7.19. The molecule has 2 N–H and O–H groups in total. The lowest BCUT2D eigenvalue weighted by Gasteiger charge is -1.97. The van der Waals surface area contributed by atoms with E-state index >= 15 is 0 Å². The van der Waals surface area contributed by atoms with Crippen LogP contribution in [0.5, 0.6) is 0 Å². The van der Waals surface area contributed by atoms with Gasteiger partial charge in [-0.15, -0.1) is 11.3 Å².